The van der Waals surface area contributed by atoms with Gasteiger partial charge in [-0.3, -0.25) is 9.59 Å². The highest BCUT2D eigenvalue weighted by atomic mass is 19.1. The number of amides is 1. The van der Waals surface area contributed by atoms with Crippen molar-refractivity contribution >= 4 is 18.0 Å². The number of aliphatic carboxylic acids is 1. The summed E-state index contributed by atoms with van der Waals surface area (Å²) in [6.07, 6.45) is 3.18. The van der Waals surface area contributed by atoms with Crippen LogP contribution in [0.25, 0.3) is 6.08 Å². The first-order chi connectivity index (χ1) is 8.97. The highest BCUT2D eigenvalue weighted by Gasteiger charge is 2.06. The number of halogens is 1. The Labute approximate surface area is 110 Å². The molecule has 1 atom stereocenters. The molecule has 0 aromatic heterocycles. The van der Waals surface area contributed by atoms with E-state index in [0.717, 1.165) is 0 Å². The molecule has 0 saturated heterocycles. The van der Waals surface area contributed by atoms with Gasteiger partial charge < -0.3 is 10.4 Å². The molecule has 0 heterocycles. The van der Waals surface area contributed by atoms with Crippen LogP contribution in [0.5, 0.6) is 0 Å². The molecule has 0 aliphatic carbocycles. The molecule has 102 valence electrons. The summed E-state index contributed by atoms with van der Waals surface area (Å²) in [5.74, 6) is -1.59. The Kier molecular flexibility index (Phi) is 5.73. The monoisotopic (exact) mass is 265 g/mol. The zero-order chi connectivity index (χ0) is 14.3. The van der Waals surface area contributed by atoms with E-state index in [-0.39, 0.29) is 24.2 Å². The molecule has 19 heavy (non-hydrogen) atoms. The number of rotatable bonds is 6. The number of carbonyl (C=O) groups is 2. The molecule has 1 aromatic rings. The van der Waals surface area contributed by atoms with E-state index >= 15 is 0 Å². The molecule has 1 amide bonds. The lowest BCUT2D eigenvalue weighted by Gasteiger charge is -2.10. The first kappa shape index (κ1) is 14.9. The predicted octanol–water partition coefficient (Wildman–Crippen LogP) is 2.21. The molecule has 1 unspecified atom stereocenters. The van der Waals surface area contributed by atoms with E-state index in [0.29, 0.717) is 12.0 Å². The van der Waals surface area contributed by atoms with Crippen LogP contribution in [0.15, 0.2) is 30.3 Å². The van der Waals surface area contributed by atoms with E-state index in [9.17, 15) is 14.0 Å². The van der Waals surface area contributed by atoms with Gasteiger partial charge in [-0.2, -0.15) is 0 Å². The van der Waals surface area contributed by atoms with Gasteiger partial charge >= 0.3 is 5.97 Å². The summed E-state index contributed by atoms with van der Waals surface area (Å²) in [5, 5.41) is 11.1. The van der Waals surface area contributed by atoms with Gasteiger partial charge in [0.25, 0.3) is 0 Å². The SMILES string of the molecule is CC(CCC(=O)O)NC(=O)C=Cc1cccc(F)c1. The minimum atomic E-state index is -0.892. The van der Waals surface area contributed by atoms with E-state index < -0.39 is 5.97 Å². The molecule has 1 rings (SSSR count). The molecule has 0 aliphatic heterocycles. The Balaban J connectivity index is 2.44. The van der Waals surface area contributed by atoms with Crippen LogP contribution in [0.1, 0.15) is 25.3 Å². The third-order valence-corrected chi connectivity index (χ3v) is 2.46. The second-order valence-corrected chi connectivity index (χ2v) is 4.23. The van der Waals surface area contributed by atoms with Crippen LogP contribution in [0, 0.1) is 5.82 Å². The summed E-state index contributed by atoms with van der Waals surface area (Å²) in [6.45, 7) is 1.73. The Morgan fingerprint density at radius 3 is 2.84 bits per heavy atom. The van der Waals surface area contributed by atoms with E-state index in [1.807, 2.05) is 0 Å². The molecule has 5 heteroatoms. The Bertz CT molecular complexity index is 485. The first-order valence-electron chi connectivity index (χ1n) is 5.93. The summed E-state index contributed by atoms with van der Waals surface area (Å²) in [5.41, 5.74) is 0.591. The summed E-state index contributed by atoms with van der Waals surface area (Å²) < 4.78 is 12.9. The van der Waals surface area contributed by atoms with Gasteiger partial charge in [0, 0.05) is 18.5 Å². The van der Waals surface area contributed by atoms with Crippen molar-refractivity contribution in [3.05, 3.63) is 41.7 Å². The van der Waals surface area contributed by atoms with Gasteiger partial charge in [-0.05, 0) is 37.1 Å². The van der Waals surface area contributed by atoms with Crippen LogP contribution in [0.4, 0.5) is 4.39 Å². The molecule has 4 nitrogen and oxygen atoms in total. The molecule has 0 radical (unpaired) electrons. The molecule has 0 aliphatic rings. The number of carboxylic acids is 1. The van der Waals surface area contributed by atoms with Gasteiger partial charge in [0.2, 0.25) is 5.91 Å². The molecule has 0 spiro atoms. The minimum absolute atomic E-state index is 0.00899. The lowest BCUT2D eigenvalue weighted by molar-refractivity contribution is -0.137. The zero-order valence-corrected chi connectivity index (χ0v) is 10.6. The summed E-state index contributed by atoms with van der Waals surface area (Å²) >= 11 is 0. The van der Waals surface area contributed by atoms with Crippen molar-refractivity contribution in [1.29, 1.82) is 0 Å². The van der Waals surface area contributed by atoms with E-state index in [2.05, 4.69) is 5.32 Å². The maximum Gasteiger partial charge on any atom is 0.303 e. The largest absolute Gasteiger partial charge is 0.481 e. The minimum Gasteiger partial charge on any atom is -0.481 e. The average molecular weight is 265 g/mol. The van der Waals surface area contributed by atoms with Crippen LogP contribution in [0.3, 0.4) is 0 Å². The standard InChI is InChI=1S/C14H16FNO3/c1-10(5-8-14(18)19)16-13(17)7-6-11-3-2-4-12(15)9-11/h2-4,6-7,9-10H,5,8H2,1H3,(H,16,17)(H,18,19). The molecule has 0 fully saturated rings. The Morgan fingerprint density at radius 1 is 1.47 bits per heavy atom. The third kappa shape index (κ3) is 6.35. The van der Waals surface area contributed by atoms with Gasteiger partial charge in [-0.25, -0.2) is 4.39 Å². The fourth-order valence-corrected chi connectivity index (χ4v) is 1.49. The number of carbonyl (C=O) groups excluding carboxylic acids is 1. The second kappa shape index (κ2) is 7.31. The Hall–Kier alpha value is -2.17. The number of benzene rings is 1. The second-order valence-electron chi connectivity index (χ2n) is 4.23. The summed E-state index contributed by atoms with van der Waals surface area (Å²) in [4.78, 5) is 21.9. The maximum atomic E-state index is 12.9. The highest BCUT2D eigenvalue weighted by molar-refractivity contribution is 5.91. The van der Waals surface area contributed by atoms with Crippen LogP contribution >= 0.6 is 0 Å². The van der Waals surface area contributed by atoms with Gasteiger partial charge in [0.15, 0.2) is 0 Å². The van der Waals surface area contributed by atoms with Gasteiger partial charge in [0.1, 0.15) is 5.82 Å². The Morgan fingerprint density at radius 2 is 2.21 bits per heavy atom. The molecule has 2 N–H and O–H groups in total. The van der Waals surface area contributed by atoms with Crippen molar-refractivity contribution in [2.45, 2.75) is 25.8 Å². The van der Waals surface area contributed by atoms with E-state index in [1.54, 1.807) is 19.1 Å². The van der Waals surface area contributed by atoms with Gasteiger partial charge in [0.05, 0.1) is 0 Å². The average Bonchev–Trinajstić information content (AvgIpc) is 2.34. The number of hydrogen-bond acceptors (Lipinski definition) is 2. The topological polar surface area (TPSA) is 66.4 Å². The van der Waals surface area contributed by atoms with Crippen LogP contribution in [0.2, 0.25) is 0 Å². The van der Waals surface area contributed by atoms with Crippen molar-refractivity contribution in [3.63, 3.8) is 0 Å². The van der Waals surface area contributed by atoms with E-state index in [4.69, 9.17) is 5.11 Å². The number of hydrogen-bond donors (Lipinski definition) is 2. The number of nitrogens with one attached hydrogen (secondary N) is 1. The molecule has 1 aromatic carbocycles. The molecular formula is C14H16FNO3. The van der Waals surface area contributed by atoms with E-state index in [1.165, 1.54) is 24.3 Å². The fourth-order valence-electron chi connectivity index (χ4n) is 1.49. The summed E-state index contributed by atoms with van der Waals surface area (Å²) in [6, 6.07) is 5.66. The van der Waals surface area contributed by atoms with Gasteiger partial charge in [-0.1, -0.05) is 12.1 Å². The molecular weight excluding hydrogens is 249 g/mol. The van der Waals surface area contributed by atoms with Crippen molar-refractivity contribution in [3.8, 4) is 0 Å². The maximum absolute atomic E-state index is 12.9. The van der Waals surface area contributed by atoms with Crippen LogP contribution in [-0.4, -0.2) is 23.0 Å². The highest BCUT2D eigenvalue weighted by Crippen LogP contribution is 2.05. The van der Waals surface area contributed by atoms with Crippen molar-refractivity contribution < 1.29 is 19.1 Å². The number of carboxylic acid groups (broad SMARTS) is 1. The van der Waals surface area contributed by atoms with Gasteiger partial charge in [-0.15, -0.1) is 0 Å². The summed E-state index contributed by atoms with van der Waals surface area (Å²) in [7, 11) is 0. The van der Waals surface area contributed by atoms with Crippen molar-refractivity contribution in [2.24, 2.45) is 0 Å². The first-order valence-corrected chi connectivity index (χ1v) is 5.93. The molecule has 0 saturated carbocycles. The lowest BCUT2D eigenvalue weighted by atomic mass is 10.1. The normalized spacial score (nSPS) is 12.3. The zero-order valence-electron chi connectivity index (χ0n) is 10.6. The lowest BCUT2D eigenvalue weighted by Crippen LogP contribution is -2.31. The van der Waals surface area contributed by atoms with Crippen molar-refractivity contribution in [1.82, 2.24) is 5.32 Å². The van der Waals surface area contributed by atoms with Crippen LogP contribution in [-0.2, 0) is 9.59 Å². The predicted molar refractivity (Wildman–Crippen MR) is 69.9 cm³/mol. The molecule has 0 bridgehead atoms. The smallest absolute Gasteiger partial charge is 0.303 e. The third-order valence-electron chi connectivity index (χ3n) is 2.46. The van der Waals surface area contributed by atoms with Crippen LogP contribution < -0.4 is 5.32 Å². The van der Waals surface area contributed by atoms with Crippen molar-refractivity contribution in [2.75, 3.05) is 0 Å². The fraction of sp³-hybridized carbons (Fsp3) is 0.286. The quantitative estimate of drug-likeness (QED) is 0.775.